The topological polar surface area (TPSA) is 118 Å². The highest BCUT2D eigenvalue weighted by molar-refractivity contribution is 5.94. The highest BCUT2D eigenvalue weighted by Gasteiger charge is 2.29. The van der Waals surface area contributed by atoms with Crippen molar-refractivity contribution in [2.75, 3.05) is 25.6 Å². The van der Waals surface area contributed by atoms with E-state index in [0.29, 0.717) is 48.6 Å². The van der Waals surface area contributed by atoms with Crippen LogP contribution in [0.2, 0.25) is 0 Å². The largest absolute Gasteiger partial charge is 0.465 e. The Bertz CT molecular complexity index is 1770. The molecule has 1 saturated heterocycles. The van der Waals surface area contributed by atoms with Gasteiger partial charge in [0.05, 0.1) is 60.5 Å². The number of ether oxygens (including phenoxy) is 2. The number of methoxy groups -OCH3 is 1. The number of fused-ring (bicyclic) bond motifs is 1. The minimum Gasteiger partial charge on any atom is -0.465 e. The normalized spacial score (nSPS) is 17.1. The SMILES string of the molecule is COC(=O)c1ccc2nc([C@@H]3CO[C@H](CCc4c(F)cncc4NC(=O)[C@@H](C)C(c4ccccc4)c4ccccc4)CN3)[nH]c2c1. The van der Waals surface area contributed by atoms with Crippen molar-refractivity contribution >= 4 is 28.6 Å². The van der Waals surface area contributed by atoms with Crippen LogP contribution >= 0.6 is 0 Å². The molecule has 3 atom stereocenters. The molecule has 46 heavy (non-hydrogen) atoms. The Morgan fingerprint density at radius 1 is 1.04 bits per heavy atom. The zero-order valence-corrected chi connectivity index (χ0v) is 25.7. The predicted octanol–water partition coefficient (Wildman–Crippen LogP) is 5.95. The third-order valence-electron chi connectivity index (χ3n) is 8.55. The minimum atomic E-state index is -0.469. The quantitative estimate of drug-likeness (QED) is 0.165. The zero-order valence-electron chi connectivity index (χ0n) is 25.7. The summed E-state index contributed by atoms with van der Waals surface area (Å²) in [5.41, 5.74) is 4.74. The van der Waals surface area contributed by atoms with Gasteiger partial charge in [0.15, 0.2) is 0 Å². The number of benzene rings is 3. The Balaban J connectivity index is 1.09. The second kappa shape index (κ2) is 14.0. The lowest BCUT2D eigenvalue weighted by atomic mass is 9.81. The average Bonchev–Trinajstić information content (AvgIpc) is 3.52. The Morgan fingerprint density at radius 3 is 2.41 bits per heavy atom. The van der Waals surface area contributed by atoms with Crippen LogP contribution < -0.4 is 10.6 Å². The number of morpholine rings is 1. The second-order valence-electron chi connectivity index (χ2n) is 11.5. The van der Waals surface area contributed by atoms with Gasteiger partial charge in [0.2, 0.25) is 5.91 Å². The van der Waals surface area contributed by atoms with Crippen molar-refractivity contribution in [2.24, 2.45) is 5.92 Å². The number of esters is 1. The Kier molecular flexibility index (Phi) is 9.46. The fourth-order valence-corrected chi connectivity index (χ4v) is 6.04. The van der Waals surface area contributed by atoms with Gasteiger partial charge in [0.1, 0.15) is 11.6 Å². The van der Waals surface area contributed by atoms with Crippen LogP contribution in [0.4, 0.5) is 10.1 Å². The summed E-state index contributed by atoms with van der Waals surface area (Å²) in [5.74, 6) is -0.999. The highest BCUT2D eigenvalue weighted by Crippen LogP contribution is 2.33. The van der Waals surface area contributed by atoms with E-state index in [1.807, 2.05) is 67.6 Å². The third kappa shape index (κ3) is 6.83. The summed E-state index contributed by atoms with van der Waals surface area (Å²) in [6, 6.07) is 24.9. The lowest BCUT2D eigenvalue weighted by Gasteiger charge is -2.29. The summed E-state index contributed by atoms with van der Waals surface area (Å²) in [6.07, 6.45) is 3.41. The first-order chi connectivity index (χ1) is 22.4. The van der Waals surface area contributed by atoms with Gasteiger partial charge >= 0.3 is 5.97 Å². The molecule has 1 aliphatic heterocycles. The molecule has 0 saturated carbocycles. The number of carbonyl (C=O) groups is 2. The van der Waals surface area contributed by atoms with Gasteiger partial charge < -0.3 is 25.1 Å². The standard InChI is InChI=1S/C36H36FN5O4/c1-22(33(23-9-5-3-6-10-23)24-11-7-4-8-12-24)35(43)42-31-20-38-19-28(37)27(31)15-14-26-18-39-32(21-46-26)34-40-29-16-13-25(36(44)45-2)17-30(29)41-34/h3-13,16-17,19-20,22,26,32-33,39H,14-15,18,21H2,1-2H3,(H,40,41)(H,42,43)/t22-,26+,32-/m0/s1. The number of H-pyrrole nitrogens is 1. The summed E-state index contributed by atoms with van der Waals surface area (Å²) >= 11 is 0. The van der Waals surface area contributed by atoms with Crippen LogP contribution in [0.25, 0.3) is 11.0 Å². The second-order valence-corrected chi connectivity index (χ2v) is 11.5. The van der Waals surface area contributed by atoms with Crippen molar-refractivity contribution in [3.63, 3.8) is 0 Å². The first-order valence-electron chi connectivity index (χ1n) is 15.4. The zero-order chi connectivity index (χ0) is 32.0. The number of hydrogen-bond donors (Lipinski definition) is 3. The molecule has 0 spiro atoms. The fraction of sp³-hybridized carbons (Fsp3) is 0.278. The number of carbonyl (C=O) groups excluding carboxylic acids is 2. The summed E-state index contributed by atoms with van der Waals surface area (Å²) in [6.45, 7) is 2.80. The van der Waals surface area contributed by atoms with Crippen LogP contribution in [0.5, 0.6) is 0 Å². The molecule has 2 aromatic heterocycles. The molecular formula is C36H36FN5O4. The van der Waals surface area contributed by atoms with Gasteiger partial charge in [-0.1, -0.05) is 67.6 Å². The van der Waals surface area contributed by atoms with Crippen molar-refractivity contribution < 1.29 is 23.5 Å². The number of aromatic amines is 1. The minimum absolute atomic E-state index is 0.165. The maximum absolute atomic E-state index is 15.1. The third-order valence-corrected chi connectivity index (χ3v) is 8.55. The van der Waals surface area contributed by atoms with Crippen LogP contribution in [-0.4, -0.2) is 53.2 Å². The van der Waals surface area contributed by atoms with Crippen LogP contribution in [0, 0.1) is 11.7 Å². The van der Waals surface area contributed by atoms with E-state index in [1.54, 1.807) is 18.2 Å². The van der Waals surface area contributed by atoms with Gasteiger partial charge in [-0.25, -0.2) is 14.2 Å². The molecular weight excluding hydrogens is 585 g/mol. The Hall–Kier alpha value is -4.93. The van der Waals surface area contributed by atoms with E-state index in [9.17, 15) is 9.59 Å². The van der Waals surface area contributed by atoms with Gasteiger partial charge in [0, 0.05) is 23.9 Å². The molecule has 1 aliphatic rings. The molecule has 5 aromatic rings. The molecule has 10 heteroatoms. The van der Waals surface area contributed by atoms with E-state index >= 15 is 4.39 Å². The monoisotopic (exact) mass is 621 g/mol. The Morgan fingerprint density at radius 2 is 1.76 bits per heavy atom. The maximum Gasteiger partial charge on any atom is 0.337 e. The van der Waals surface area contributed by atoms with Gasteiger partial charge in [0.25, 0.3) is 0 Å². The lowest BCUT2D eigenvalue weighted by molar-refractivity contribution is -0.119. The molecule has 0 unspecified atom stereocenters. The van der Waals surface area contributed by atoms with E-state index in [1.165, 1.54) is 19.5 Å². The molecule has 3 heterocycles. The number of halogens is 1. The predicted molar refractivity (Wildman–Crippen MR) is 173 cm³/mol. The van der Waals surface area contributed by atoms with Crippen molar-refractivity contribution in [1.29, 1.82) is 0 Å². The van der Waals surface area contributed by atoms with E-state index in [4.69, 9.17) is 9.47 Å². The lowest BCUT2D eigenvalue weighted by Crippen LogP contribution is -2.41. The van der Waals surface area contributed by atoms with Crippen molar-refractivity contribution in [1.82, 2.24) is 20.3 Å². The van der Waals surface area contributed by atoms with Crippen molar-refractivity contribution in [3.05, 3.63) is 125 Å². The Labute approximate surface area is 266 Å². The van der Waals surface area contributed by atoms with Crippen molar-refractivity contribution in [2.45, 2.75) is 37.8 Å². The highest BCUT2D eigenvalue weighted by atomic mass is 19.1. The molecule has 1 fully saturated rings. The van der Waals surface area contributed by atoms with Crippen LogP contribution in [0.3, 0.4) is 0 Å². The van der Waals surface area contributed by atoms with Gasteiger partial charge in [-0.2, -0.15) is 0 Å². The summed E-state index contributed by atoms with van der Waals surface area (Å²) in [5, 5.41) is 6.44. The first-order valence-corrected chi connectivity index (χ1v) is 15.4. The molecule has 236 valence electrons. The number of hydrogen-bond acceptors (Lipinski definition) is 7. The fourth-order valence-electron chi connectivity index (χ4n) is 6.04. The first kappa shape index (κ1) is 31.1. The van der Waals surface area contributed by atoms with Gasteiger partial charge in [-0.3, -0.25) is 9.78 Å². The number of nitrogens with one attached hydrogen (secondary N) is 3. The summed E-state index contributed by atoms with van der Waals surface area (Å²) in [7, 11) is 1.35. The van der Waals surface area contributed by atoms with E-state index in [0.717, 1.165) is 22.2 Å². The smallest absolute Gasteiger partial charge is 0.337 e. The molecule has 3 aromatic carbocycles. The van der Waals surface area contributed by atoms with Crippen LogP contribution in [0.1, 0.15) is 58.2 Å². The molecule has 6 rings (SSSR count). The van der Waals surface area contributed by atoms with E-state index in [2.05, 4.69) is 25.6 Å². The maximum atomic E-state index is 15.1. The number of imidazole rings is 1. The molecule has 1 amide bonds. The van der Waals surface area contributed by atoms with Gasteiger partial charge in [-0.05, 0) is 42.2 Å². The molecule has 3 N–H and O–H groups in total. The molecule has 9 nitrogen and oxygen atoms in total. The number of anilines is 1. The van der Waals surface area contributed by atoms with E-state index < -0.39 is 17.7 Å². The number of nitrogens with zero attached hydrogens (tertiary/aromatic N) is 2. The molecule has 0 radical (unpaired) electrons. The number of pyridine rings is 1. The van der Waals surface area contributed by atoms with E-state index in [-0.39, 0.29) is 24.0 Å². The molecule has 0 aliphatic carbocycles. The number of rotatable bonds is 10. The average molecular weight is 622 g/mol. The van der Waals surface area contributed by atoms with Crippen LogP contribution in [-0.2, 0) is 20.7 Å². The van der Waals surface area contributed by atoms with Crippen molar-refractivity contribution in [3.8, 4) is 0 Å². The summed E-state index contributed by atoms with van der Waals surface area (Å²) < 4.78 is 26.1. The van der Waals surface area contributed by atoms with Gasteiger partial charge in [-0.15, -0.1) is 0 Å². The molecule has 0 bridgehead atoms. The van der Waals surface area contributed by atoms with Crippen LogP contribution in [0.15, 0.2) is 91.3 Å². The number of amides is 1. The summed E-state index contributed by atoms with van der Waals surface area (Å²) in [4.78, 5) is 37.5. The number of aromatic nitrogens is 3.